The zero-order chi connectivity index (χ0) is 28.2. The second kappa shape index (κ2) is 9.73. The molecule has 0 unspecified atom stereocenters. The molecule has 4 rings (SSSR count). The maximum Gasteiger partial charge on any atom is 0.417 e. The van der Waals surface area contributed by atoms with Crippen molar-refractivity contribution in [2.24, 2.45) is 5.92 Å². The van der Waals surface area contributed by atoms with E-state index >= 15 is 0 Å². The number of carbonyl (C=O) groups is 1. The summed E-state index contributed by atoms with van der Waals surface area (Å²) in [6.45, 7) is 7.45. The van der Waals surface area contributed by atoms with Gasteiger partial charge in [-0.1, -0.05) is 13.0 Å². The maximum absolute atomic E-state index is 14.5. The Balaban J connectivity index is 1.64. The van der Waals surface area contributed by atoms with E-state index in [-0.39, 0.29) is 17.4 Å². The number of ether oxygens (including phenoxy) is 4. The molecule has 2 aliphatic heterocycles. The van der Waals surface area contributed by atoms with Gasteiger partial charge in [-0.25, -0.2) is 4.39 Å². The third kappa shape index (κ3) is 4.85. The van der Waals surface area contributed by atoms with Crippen LogP contribution in [0.4, 0.5) is 27.6 Å². The predicted molar refractivity (Wildman–Crippen MR) is 125 cm³/mol. The number of carbonyl (C=O) groups excluding carboxylic acids is 1. The number of halogens is 5. The SMILES string of the molecule is COc1c([C@H]2[C@H](C(=O)Nc3ccc([C@H]4OC(C)(C)O[C@@H]4C)nc3)O[C@@](C)(C(F)(F)F)[C@H]2C)ccc(F)c1F. The average molecular weight is 545 g/mol. The molecule has 38 heavy (non-hydrogen) atoms. The Hall–Kier alpha value is -2.83. The highest BCUT2D eigenvalue weighted by Gasteiger charge is 2.66. The predicted octanol–water partition coefficient (Wildman–Crippen LogP) is 5.66. The van der Waals surface area contributed by atoms with Gasteiger partial charge in [0, 0.05) is 17.4 Å². The number of pyridine rings is 1. The number of anilines is 1. The van der Waals surface area contributed by atoms with Gasteiger partial charge in [-0.05, 0) is 45.9 Å². The summed E-state index contributed by atoms with van der Waals surface area (Å²) in [6, 6.07) is 5.01. The molecular weight excluding hydrogens is 515 g/mol. The molecule has 1 amide bonds. The van der Waals surface area contributed by atoms with E-state index in [1.807, 2.05) is 6.92 Å². The number of benzene rings is 1. The third-order valence-electron chi connectivity index (χ3n) is 7.22. The lowest BCUT2D eigenvalue weighted by atomic mass is 9.77. The lowest BCUT2D eigenvalue weighted by Crippen LogP contribution is -2.47. The van der Waals surface area contributed by atoms with E-state index in [2.05, 4.69) is 10.3 Å². The van der Waals surface area contributed by atoms with E-state index in [4.69, 9.17) is 18.9 Å². The second-order valence-electron chi connectivity index (χ2n) is 10.2. The second-order valence-corrected chi connectivity index (χ2v) is 10.2. The van der Waals surface area contributed by atoms with Gasteiger partial charge in [-0.15, -0.1) is 0 Å². The Labute approximate surface area is 216 Å². The van der Waals surface area contributed by atoms with Crippen molar-refractivity contribution in [2.75, 3.05) is 12.4 Å². The monoisotopic (exact) mass is 544 g/mol. The Kier molecular flexibility index (Phi) is 7.21. The Morgan fingerprint density at radius 3 is 2.26 bits per heavy atom. The molecule has 2 fully saturated rings. The van der Waals surface area contributed by atoms with Crippen LogP contribution in [0.15, 0.2) is 30.5 Å². The van der Waals surface area contributed by atoms with Crippen molar-refractivity contribution in [3.8, 4) is 5.75 Å². The molecule has 0 bridgehead atoms. The quantitative estimate of drug-likeness (QED) is 0.490. The summed E-state index contributed by atoms with van der Waals surface area (Å²) < 4.78 is 92.6. The number of amides is 1. The van der Waals surface area contributed by atoms with Gasteiger partial charge in [0.15, 0.2) is 23.0 Å². The smallest absolute Gasteiger partial charge is 0.417 e. The van der Waals surface area contributed by atoms with Gasteiger partial charge in [0.2, 0.25) is 5.82 Å². The van der Waals surface area contributed by atoms with Crippen molar-refractivity contribution in [3.63, 3.8) is 0 Å². The van der Waals surface area contributed by atoms with Crippen molar-refractivity contribution < 1.29 is 45.7 Å². The normalized spacial score (nSPS) is 30.9. The molecule has 0 radical (unpaired) electrons. The van der Waals surface area contributed by atoms with E-state index in [9.17, 15) is 26.7 Å². The van der Waals surface area contributed by atoms with Crippen LogP contribution in [0.1, 0.15) is 57.9 Å². The van der Waals surface area contributed by atoms with Crippen LogP contribution in [0.2, 0.25) is 0 Å². The van der Waals surface area contributed by atoms with E-state index < -0.39 is 64.9 Å². The molecule has 7 nitrogen and oxygen atoms in total. The summed E-state index contributed by atoms with van der Waals surface area (Å²) in [6.07, 6.45) is -5.96. The zero-order valence-electron chi connectivity index (χ0n) is 21.7. The molecule has 0 saturated carbocycles. The molecule has 12 heteroatoms. The Morgan fingerprint density at radius 1 is 1.05 bits per heavy atom. The summed E-state index contributed by atoms with van der Waals surface area (Å²) >= 11 is 0. The first kappa shape index (κ1) is 28.2. The van der Waals surface area contributed by atoms with Crippen LogP contribution >= 0.6 is 0 Å². The van der Waals surface area contributed by atoms with Gasteiger partial charge >= 0.3 is 6.18 Å². The molecule has 1 aromatic carbocycles. The topological polar surface area (TPSA) is 78.9 Å². The highest BCUT2D eigenvalue weighted by molar-refractivity contribution is 5.95. The van der Waals surface area contributed by atoms with Crippen LogP contribution in [-0.2, 0) is 19.0 Å². The lowest BCUT2D eigenvalue weighted by Gasteiger charge is -2.32. The number of nitrogens with zero attached hydrogens (tertiary/aromatic N) is 1. The minimum atomic E-state index is -4.86. The molecule has 2 aromatic rings. The number of hydrogen-bond donors (Lipinski definition) is 1. The van der Waals surface area contributed by atoms with Crippen LogP contribution in [0, 0.1) is 17.6 Å². The van der Waals surface area contributed by atoms with Gasteiger partial charge in [0.05, 0.1) is 30.8 Å². The van der Waals surface area contributed by atoms with Crippen molar-refractivity contribution >= 4 is 11.6 Å². The number of aromatic nitrogens is 1. The highest BCUT2D eigenvalue weighted by Crippen LogP contribution is 2.55. The summed E-state index contributed by atoms with van der Waals surface area (Å²) in [5.41, 5.74) is -2.13. The van der Waals surface area contributed by atoms with Crippen molar-refractivity contribution in [1.82, 2.24) is 4.98 Å². The average Bonchev–Trinajstić information content (AvgIpc) is 3.27. The van der Waals surface area contributed by atoms with Gasteiger partial charge in [-0.3, -0.25) is 9.78 Å². The van der Waals surface area contributed by atoms with Crippen LogP contribution < -0.4 is 10.1 Å². The number of methoxy groups -OCH3 is 1. The van der Waals surface area contributed by atoms with Gasteiger partial charge in [0.1, 0.15) is 12.2 Å². The standard InChI is InChI=1S/C26H29F5N2O5/c1-12-18(15-8-9-16(27)19(28)21(15)35-6)22(38-25(12,5)26(29,30)31)23(34)33-14-7-10-17(32-11-14)20-13(2)36-24(3,4)37-20/h7-13,18,20,22H,1-6H3,(H,33,34)/t12-,13+,18-,20-,22+,25+/m0/s1. The van der Waals surface area contributed by atoms with Crippen LogP contribution in [-0.4, -0.2) is 47.8 Å². The fourth-order valence-electron chi connectivity index (χ4n) is 5.14. The Morgan fingerprint density at radius 2 is 1.74 bits per heavy atom. The Bertz CT molecular complexity index is 1210. The van der Waals surface area contributed by atoms with Gasteiger partial charge in [0.25, 0.3) is 5.91 Å². The molecule has 0 spiro atoms. The number of rotatable bonds is 5. The van der Waals surface area contributed by atoms with Crippen LogP contribution in [0.25, 0.3) is 0 Å². The molecule has 1 aromatic heterocycles. The molecule has 0 aliphatic carbocycles. The lowest BCUT2D eigenvalue weighted by molar-refractivity contribution is -0.272. The van der Waals surface area contributed by atoms with E-state index in [1.165, 1.54) is 19.2 Å². The zero-order valence-corrected chi connectivity index (χ0v) is 21.7. The summed E-state index contributed by atoms with van der Waals surface area (Å²) in [4.78, 5) is 17.6. The summed E-state index contributed by atoms with van der Waals surface area (Å²) in [7, 11) is 1.06. The minimum Gasteiger partial charge on any atom is -0.493 e. The summed E-state index contributed by atoms with van der Waals surface area (Å²) in [5.74, 6) is -7.57. The largest absolute Gasteiger partial charge is 0.493 e. The van der Waals surface area contributed by atoms with E-state index in [0.717, 1.165) is 26.2 Å². The van der Waals surface area contributed by atoms with E-state index in [1.54, 1.807) is 19.9 Å². The first-order chi connectivity index (χ1) is 17.6. The molecule has 6 atom stereocenters. The fourth-order valence-corrected chi connectivity index (χ4v) is 5.14. The molecule has 2 saturated heterocycles. The first-order valence-corrected chi connectivity index (χ1v) is 12.0. The van der Waals surface area contributed by atoms with E-state index in [0.29, 0.717) is 5.69 Å². The van der Waals surface area contributed by atoms with Crippen LogP contribution in [0.3, 0.4) is 0 Å². The first-order valence-electron chi connectivity index (χ1n) is 12.0. The third-order valence-corrected chi connectivity index (χ3v) is 7.22. The molecule has 1 N–H and O–H groups in total. The minimum absolute atomic E-state index is 0.115. The van der Waals surface area contributed by atoms with Crippen molar-refractivity contribution in [2.45, 2.75) is 76.4 Å². The van der Waals surface area contributed by atoms with Crippen molar-refractivity contribution in [1.29, 1.82) is 0 Å². The van der Waals surface area contributed by atoms with Crippen molar-refractivity contribution in [3.05, 3.63) is 53.4 Å². The van der Waals surface area contributed by atoms with Gasteiger partial charge in [-0.2, -0.15) is 17.6 Å². The number of alkyl halides is 3. The highest BCUT2D eigenvalue weighted by atomic mass is 19.4. The number of nitrogens with one attached hydrogen (secondary N) is 1. The molecule has 3 heterocycles. The number of hydrogen-bond acceptors (Lipinski definition) is 6. The van der Waals surface area contributed by atoms with Gasteiger partial charge < -0.3 is 24.3 Å². The molecular formula is C26H29F5N2O5. The summed E-state index contributed by atoms with van der Waals surface area (Å²) in [5, 5.41) is 2.53. The van der Waals surface area contributed by atoms with Crippen LogP contribution in [0.5, 0.6) is 5.75 Å². The molecule has 2 aliphatic rings. The fraction of sp³-hybridized carbons (Fsp3) is 0.538. The molecule has 208 valence electrons. The maximum atomic E-state index is 14.5.